The summed E-state index contributed by atoms with van der Waals surface area (Å²) in [5.41, 5.74) is 2.10. The number of rotatable bonds is 3. The summed E-state index contributed by atoms with van der Waals surface area (Å²) in [6.45, 7) is 9.62. The molecule has 0 bridgehead atoms. The number of nitrogens with zero attached hydrogens (tertiary/aromatic N) is 1. The summed E-state index contributed by atoms with van der Waals surface area (Å²) in [5, 5.41) is 0. The second-order valence-corrected chi connectivity index (χ2v) is 2.55. The fourth-order valence-corrected chi connectivity index (χ4v) is 1.03. The molecule has 0 aliphatic rings. The molecule has 1 aromatic rings. The van der Waals surface area contributed by atoms with E-state index in [4.69, 9.17) is 0 Å². The molecule has 0 atom stereocenters. The van der Waals surface area contributed by atoms with Crippen molar-refractivity contribution in [3.63, 3.8) is 0 Å². The Hall–Kier alpha value is -1.63. The third kappa shape index (κ3) is 4.96. The lowest BCUT2D eigenvalue weighted by Crippen LogP contribution is -1.83. The minimum atomic E-state index is 0.989. The van der Waals surface area contributed by atoms with Crippen LogP contribution in [0.3, 0.4) is 0 Å². The molecule has 0 aliphatic heterocycles. The lowest BCUT2D eigenvalue weighted by molar-refractivity contribution is 1.28. The molecule has 0 radical (unpaired) electrons. The summed E-state index contributed by atoms with van der Waals surface area (Å²) >= 11 is 0. The van der Waals surface area contributed by atoms with Gasteiger partial charge in [0.1, 0.15) is 0 Å². The van der Waals surface area contributed by atoms with Crippen molar-refractivity contribution in [3.05, 3.63) is 61.0 Å². The Morgan fingerprint density at radius 1 is 1.33 bits per heavy atom. The Morgan fingerprint density at radius 2 is 2.07 bits per heavy atom. The first-order valence-corrected chi connectivity index (χ1v) is 5.25. The van der Waals surface area contributed by atoms with Crippen LogP contribution in [0, 0.1) is 0 Å². The Labute approximate surface area is 92.9 Å². The molecular formula is C14H19N. The number of pyridine rings is 1. The molecule has 1 rings (SSSR count). The maximum absolute atomic E-state index is 4.25. The quantitative estimate of drug-likeness (QED) is 0.666. The van der Waals surface area contributed by atoms with Crippen LogP contribution in [0.1, 0.15) is 26.5 Å². The molecule has 1 nitrogen and oxygen atoms in total. The monoisotopic (exact) mass is 201 g/mol. The van der Waals surface area contributed by atoms with E-state index in [0.29, 0.717) is 0 Å². The smallest absolute Gasteiger partial charge is 0.0698 e. The highest BCUT2D eigenvalue weighted by molar-refractivity contribution is 5.71. The predicted octanol–water partition coefficient (Wildman–Crippen LogP) is 4.25. The zero-order chi connectivity index (χ0) is 11.5. The fourth-order valence-electron chi connectivity index (χ4n) is 1.03. The van der Waals surface area contributed by atoms with Gasteiger partial charge in [-0.05, 0) is 24.6 Å². The van der Waals surface area contributed by atoms with Crippen molar-refractivity contribution in [1.82, 2.24) is 4.98 Å². The first-order chi connectivity index (χ1) is 7.38. The standard InChI is InChI=1S/C12H13N.C2H6/c1-3-5-8-11(4-2)12-9-6-7-10-13-12;1-2/h3-10H,1H2,2H3;1-2H3/b8-5-,11-4+;. The second-order valence-electron chi connectivity index (χ2n) is 2.55. The summed E-state index contributed by atoms with van der Waals surface area (Å²) in [4.78, 5) is 4.25. The molecule has 80 valence electrons. The Kier molecular flexibility index (Phi) is 7.97. The van der Waals surface area contributed by atoms with E-state index in [1.165, 1.54) is 0 Å². The summed E-state index contributed by atoms with van der Waals surface area (Å²) in [7, 11) is 0. The second kappa shape index (κ2) is 8.95. The Balaban J connectivity index is 0.000000921. The van der Waals surface area contributed by atoms with Gasteiger partial charge in [-0.3, -0.25) is 4.98 Å². The predicted molar refractivity (Wildman–Crippen MR) is 68.6 cm³/mol. The van der Waals surface area contributed by atoms with Crippen LogP contribution in [0.25, 0.3) is 5.57 Å². The van der Waals surface area contributed by atoms with Crippen molar-refractivity contribution in [2.45, 2.75) is 20.8 Å². The van der Waals surface area contributed by atoms with E-state index < -0.39 is 0 Å². The molecule has 0 saturated heterocycles. The summed E-state index contributed by atoms with van der Waals surface area (Å²) in [6, 6.07) is 5.88. The molecule has 0 spiro atoms. The van der Waals surface area contributed by atoms with Gasteiger partial charge >= 0.3 is 0 Å². The van der Waals surface area contributed by atoms with Crippen LogP contribution >= 0.6 is 0 Å². The summed E-state index contributed by atoms with van der Waals surface area (Å²) in [6.07, 6.45) is 9.48. The van der Waals surface area contributed by atoms with E-state index in [0.717, 1.165) is 11.3 Å². The van der Waals surface area contributed by atoms with Gasteiger partial charge in [-0.25, -0.2) is 0 Å². The molecule has 0 fully saturated rings. The molecule has 0 saturated carbocycles. The lowest BCUT2D eigenvalue weighted by Gasteiger charge is -1.98. The molecule has 0 aliphatic carbocycles. The number of hydrogen-bond acceptors (Lipinski definition) is 1. The van der Waals surface area contributed by atoms with Crippen LogP contribution in [0.4, 0.5) is 0 Å². The third-order valence-corrected chi connectivity index (χ3v) is 1.68. The molecular weight excluding hydrogens is 182 g/mol. The van der Waals surface area contributed by atoms with Gasteiger partial charge in [-0.1, -0.05) is 50.8 Å². The van der Waals surface area contributed by atoms with Gasteiger partial charge in [0, 0.05) is 6.20 Å². The zero-order valence-corrected chi connectivity index (χ0v) is 9.77. The lowest BCUT2D eigenvalue weighted by atomic mass is 10.1. The zero-order valence-electron chi connectivity index (χ0n) is 9.77. The van der Waals surface area contributed by atoms with Crippen molar-refractivity contribution in [2.24, 2.45) is 0 Å². The Morgan fingerprint density at radius 3 is 2.53 bits per heavy atom. The summed E-state index contributed by atoms with van der Waals surface area (Å²) < 4.78 is 0. The van der Waals surface area contributed by atoms with Crippen LogP contribution in [0.15, 0.2) is 55.3 Å². The van der Waals surface area contributed by atoms with Gasteiger partial charge in [0.2, 0.25) is 0 Å². The summed E-state index contributed by atoms with van der Waals surface area (Å²) in [5.74, 6) is 0. The van der Waals surface area contributed by atoms with Crippen LogP contribution in [0.5, 0.6) is 0 Å². The van der Waals surface area contributed by atoms with Crippen LogP contribution in [-0.4, -0.2) is 4.98 Å². The van der Waals surface area contributed by atoms with Gasteiger partial charge in [0.25, 0.3) is 0 Å². The average molecular weight is 201 g/mol. The van der Waals surface area contributed by atoms with Crippen LogP contribution in [-0.2, 0) is 0 Å². The van der Waals surface area contributed by atoms with Gasteiger partial charge in [0.15, 0.2) is 0 Å². The van der Waals surface area contributed by atoms with Crippen LogP contribution in [0.2, 0.25) is 0 Å². The largest absolute Gasteiger partial charge is 0.256 e. The highest BCUT2D eigenvalue weighted by Crippen LogP contribution is 2.11. The van der Waals surface area contributed by atoms with Gasteiger partial charge in [-0.15, -0.1) is 0 Å². The van der Waals surface area contributed by atoms with Gasteiger partial charge in [-0.2, -0.15) is 0 Å². The van der Waals surface area contributed by atoms with Crippen molar-refractivity contribution in [2.75, 3.05) is 0 Å². The minimum Gasteiger partial charge on any atom is -0.256 e. The van der Waals surface area contributed by atoms with Crippen molar-refractivity contribution < 1.29 is 0 Å². The molecule has 1 heterocycles. The van der Waals surface area contributed by atoms with E-state index in [1.54, 1.807) is 12.3 Å². The topological polar surface area (TPSA) is 12.9 Å². The van der Waals surface area contributed by atoms with E-state index in [9.17, 15) is 0 Å². The van der Waals surface area contributed by atoms with E-state index >= 15 is 0 Å². The average Bonchev–Trinajstić information content (AvgIpc) is 2.34. The minimum absolute atomic E-state index is 0.989. The SMILES string of the molecule is C=C/C=C\C(=C/C)c1ccccn1.CC. The number of aromatic nitrogens is 1. The van der Waals surface area contributed by atoms with Crippen molar-refractivity contribution >= 4 is 5.57 Å². The van der Waals surface area contributed by atoms with Gasteiger partial charge in [0.05, 0.1) is 5.69 Å². The molecule has 0 N–H and O–H groups in total. The molecule has 15 heavy (non-hydrogen) atoms. The van der Waals surface area contributed by atoms with Crippen molar-refractivity contribution in [3.8, 4) is 0 Å². The number of allylic oxidation sites excluding steroid dienone is 5. The van der Waals surface area contributed by atoms with E-state index in [-0.39, 0.29) is 0 Å². The molecule has 0 aromatic carbocycles. The first-order valence-electron chi connectivity index (χ1n) is 5.25. The van der Waals surface area contributed by atoms with Crippen molar-refractivity contribution in [1.29, 1.82) is 0 Å². The molecule has 1 heteroatoms. The highest BCUT2D eigenvalue weighted by Gasteiger charge is 1.94. The molecule has 0 unspecified atom stereocenters. The van der Waals surface area contributed by atoms with E-state index in [2.05, 4.69) is 11.6 Å². The van der Waals surface area contributed by atoms with Crippen LogP contribution < -0.4 is 0 Å². The van der Waals surface area contributed by atoms with E-state index in [1.807, 2.05) is 57.2 Å². The molecule has 0 amide bonds. The maximum Gasteiger partial charge on any atom is 0.0698 e. The fraction of sp³-hybridized carbons (Fsp3) is 0.214. The van der Waals surface area contributed by atoms with Gasteiger partial charge < -0.3 is 0 Å². The maximum atomic E-state index is 4.25. The number of hydrogen-bond donors (Lipinski definition) is 0. The Bertz CT molecular complexity index is 320. The molecule has 1 aromatic heterocycles. The first kappa shape index (κ1) is 13.4. The highest BCUT2D eigenvalue weighted by atomic mass is 14.7. The third-order valence-electron chi connectivity index (χ3n) is 1.68. The normalized spacial score (nSPS) is 10.7.